The van der Waals surface area contributed by atoms with Gasteiger partial charge in [-0.15, -0.1) is 0 Å². The number of hydrogen-bond acceptors (Lipinski definition) is 4. The first-order valence-electron chi connectivity index (χ1n) is 7.49. The Balaban J connectivity index is 1.52. The Hall–Kier alpha value is -2.83. The molecule has 1 aliphatic heterocycles. The summed E-state index contributed by atoms with van der Waals surface area (Å²) in [6, 6.07) is 8.90. The molecule has 0 spiro atoms. The minimum absolute atomic E-state index is 0.165. The van der Waals surface area contributed by atoms with Crippen molar-refractivity contribution in [3.8, 4) is 0 Å². The normalized spacial score (nSPS) is 14.1. The molecule has 1 aliphatic rings. The summed E-state index contributed by atoms with van der Waals surface area (Å²) in [5, 5.41) is 9.02. The minimum Gasteiger partial charge on any atom is -0.360 e. The third kappa shape index (κ3) is 3.68. The summed E-state index contributed by atoms with van der Waals surface area (Å²) in [4.78, 5) is 25.2. The molecule has 1 saturated heterocycles. The van der Waals surface area contributed by atoms with E-state index in [-0.39, 0.29) is 11.9 Å². The van der Waals surface area contributed by atoms with E-state index in [0.717, 1.165) is 24.2 Å². The van der Waals surface area contributed by atoms with E-state index >= 15 is 0 Å². The molecule has 120 valence electrons. The smallest absolute Gasteiger partial charge is 0.320 e. The number of nitrogens with zero attached hydrogens (tertiary/aromatic N) is 2. The van der Waals surface area contributed by atoms with E-state index in [1.807, 2.05) is 24.3 Å². The van der Waals surface area contributed by atoms with Crippen LogP contribution >= 0.6 is 0 Å². The first-order valence-corrected chi connectivity index (χ1v) is 7.49. The molecule has 1 aromatic heterocycles. The van der Waals surface area contributed by atoms with Gasteiger partial charge in [-0.3, -0.25) is 10.1 Å². The first-order chi connectivity index (χ1) is 11.1. The van der Waals surface area contributed by atoms with E-state index in [1.165, 1.54) is 0 Å². The fourth-order valence-corrected chi connectivity index (χ4v) is 2.48. The van der Waals surface area contributed by atoms with Gasteiger partial charge in [-0.25, -0.2) is 4.79 Å². The number of aryl methyl sites for hydroxylation is 1. The number of nitrogens with one attached hydrogen (secondary N) is 2. The van der Waals surface area contributed by atoms with Crippen molar-refractivity contribution in [2.75, 3.05) is 16.8 Å². The number of hydrogen-bond donors (Lipinski definition) is 2. The molecule has 0 saturated carbocycles. The number of aromatic nitrogens is 1. The summed E-state index contributed by atoms with van der Waals surface area (Å²) in [6.07, 6.45) is 1.52. The molecule has 2 heterocycles. The summed E-state index contributed by atoms with van der Waals surface area (Å²) in [7, 11) is 0. The molecule has 2 aromatic rings. The molecule has 0 atom stereocenters. The van der Waals surface area contributed by atoms with Crippen LogP contribution in [0, 0.1) is 6.92 Å². The van der Waals surface area contributed by atoms with Crippen molar-refractivity contribution < 1.29 is 14.1 Å². The molecule has 0 radical (unpaired) electrons. The van der Waals surface area contributed by atoms with Crippen molar-refractivity contribution in [2.45, 2.75) is 26.3 Å². The largest absolute Gasteiger partial charge is 0.360 e. The van der Waals surface area contributed by atoms with Crippen LogP contribution < -0.4 is 15.5 Å². The highest BCUT2D eigenvalue weighted by Crippen LogP contribution is 2.21. The van der Waals surface area contributed by atoms with E-state index in [9.17, 15) is 9.59 Å². The van der Waals surface area contributed by atoms with Crippen molar-refractivity contribution in [1.82, 2.24) is 10.5 Å². The zero-order valence-corrected chi connectivity index (χ0v) is 12.8. The quantitative estimate of drug-likeness (QED) is 0.907. The zero-order valence-electron chi connectivity index (χ0n) is 12.8. The van der Waals surface area contributed by atoms with Gasteiger partial charge < -0.3 is 14.7 Å². The number of benzene rings is 1. The van der Waals surface area contributed by atoms with E-state index in [4.69, 9.17) is 4.52 Å². The Bertz CT molecular complexity index is 708. The van der Waals surface area contributed by atoms with Crippen LogP contribution in [-0.4, -0.2) is 23.6 Å². The molecule has 1 fully saturated rings. The number of urea groups is 1. The number of anilines is 2. The van der Waals surface area contributed by atoms with E-state index in [0.29, 0.717) is 24.5 Å². The average molecular weight is 314 g/mol. The highest BCUT2D eigenvalue weighted by atomic mass is 16.5. The Kier molecular flexibility index (Phi) is 4.27. The fraction of sp³-hybridized carbons (Fsp3) is 0.312. The molecule has 2 N–H and O–H groups in total. The van der Waals surface area contributed by atoms with Crippen molar-refractivity contribution in [1.29, 1.82) is 0 Å². The Morgan fingerprint density at radius 1 is 1.35 bits per heavy atom. The maximum Gasteiger partial charge on any atom is 0.320 e. The molecule has 0 bridgehead atoms. The van der Waals surface area contributed by atoms with Crippen LogP contribution in [0.3, 0.4) is 0 Å². The van der Waals surface area contributed by atoms with Crippen LogP contribution in [0.2, 0.25) is 0 Å². The Morgan fingerprint density at radius 2 is 2.13 bits per heavy atom. The molecule has 3 amide bonds. The molecule has 7 heteroatoms. The molecular weight excluding hydrogens is 296 g/mol. The summed E-state index contributed by atoms with van der Waals surface area (Å²) in [5.41, 5.74) is 1.85. The topological polar surface area (TPSA) is 87.5 Å². The van der Waals surface area contributed by atoms with Gasteiger partial charge in [0.2, 0.25) is 5.91 Å². The van der Waals surface area contributed by atoms with Gasteiger partial charge in [0.15, 0.2) is 5.82 Å². The second-order valence-corrected chi connectivity index (χ2v) is 5.45. The molecule has 0 aliphatic carbocycles. The van der Waals surface area contributed by atoms with Crippen LogP contribution in [0.25, 0.3) is 0 Å². The SMILES string of the molecule is Cc1cc(NC(=O)NCc2ccc(N3CCCC3=O)cc2)no1. The second kappa shape index (κ2) is 6.51. The maximum absolute atomic E-state index is 11.8. The van der Waals surface area contributed by atoms with Gasteiger partial charge in [-0.1, -0.05) is 17.3 Å². The van der Waals surface area contributed by atoms with Gasteiger partial charge >= 0.3 is 6.03 Å². The lowest BCUT2D eigenvalue weighted by atomic mass is 10.2. The third-order valence-electron chi connectivity index (χ3n) is 3.64. The molecular formula is C16H18N4O3. The van der Waals surface area contributed by atoms with E-state index < -0.39 is 0 Å². The highest BCUT2D eigenvalue weighted by Gasteiger charge is 2.21. The lowest BCUT2D eigenvalue weighted by Gasteiger charge is -2.16. The predicted molar refractivity (Wildman–Crippen MR) is 85.1 cm³/mol. The fourth-order valence-electron chi connectivity index (χ4n) is 2.48. The van der Waals surface area contributed by atoms with Crippen molar-refractivity contribution in [3.63, 3.8) is 0 Å². The van der Waals surface area contributed by atoms with Crippen molar-refractivity contribution in [3.05, 3.63) is 41.7 Å². The van der Waals surface area contributed by atoms with E-state index in [1.54, 1.807) is 17.9 Å². The molecule has 7 nitrogen and oxygen atoms in total. The highest BCUT2D eigenvalue weighted by molar-refractivity contribution is 5.95. The monoisotopic (exact) mass is 314 g/mol. The van der Waals surface area contributed by atoms with E-state index in [2.05, 4.69) is 15.8 Å². The molecule has 0 unspecified atom stereocenters. The molecule has 23 heavy (non-hydrogen) atoms. The molecule has 3 rings (SSSR count). The zero-order chi connectivity index (χ0) is 16.2. The van der Waals surface area contributed by atoms with Crippen LogP contribution in [0.15, 0.2) is 34.9 Å². The predicted octanol–water partition coefficient (Wildman–Crippen LogP) is 2.43. The molecule has 1 aromatic carbocycles. The first kappa shape index (κ1) is 15.1. The van der Waals surface area contributed by atoms with Gasteiger partial charge in [0, 0.05) is 31.3 Å². The maximum atomic E-state index is 11.8. The summed E-state index contributed by atoms with van der Waals surface area (Å²) in [6.45, 7) is 2.91. The number of carbonyl (C=O) groups excluding carboxylic acids is 2. The minimum atomic E-state index is -0.350. The van der Waals surface area contributed by atoms with Crippen LogP contribution in [0.5, 0.6) is 0 Å². The Labute approximate surface area is 133 Å². The average Bonchev–Trinajstić information content (AvgIpc) is 3.14. The van der Waals surface area contributed by atoms with Crippen LogP contribution in [0.4, 0.5) is 16.3 Å². The standard InChI is InChI=1S/C16H18N4O3/c1-11-9-14(19-23-11)18-16(22)17-10-12-4-6-13(7-5-12)20-8-2-3-15(20)21/h4-7,9H,2-3,8,10H2,1H3,(H2,17,18,19,22). The number of amides is 3. The van der Waals surface area contributed by atoms with Gasteiger partial charge in [-0.05, 0) is 31.0 Å². The van der Waals surface area contributed by atoms with Crippen LogP contribution in [-0.2, 0) is 11.3 Å². The lowest BCUT2D eigenvalue weighted by molar-refractivity contribution is -0.117. The van der Waals surface area contributed by atoms with Gasteiger partial charge in [0.05, 0.1) is 0 Å². The number of rotatable bonds is 4. The Morgan fingerprint density at radius 3 is 2.74 bits per heavy atom. The van der Waals surface area contributed by atoms with Gasteiger partial charge in [0.1, 0.15) is 5.76 Å². The van der Waals surface area contributed by atoms with Crippen molar-refractivity contribution >= 4 is 23.4 Å². The lowest BCUT2D eigenvalue weighted by Crippen LogP contribution is -2.28. The number of carbonyl (C=O) groups is 2. The second-order valence-electron chi connectivity index (χ2n) is 5.45. The summed E-state index contributed by atoms with van der Waals surface area (Å²) < 4.78 is 4.87. The van der Waals surface area contributed by atoms with Crippen LogP contribution in [0.1, 0.15) is 24.2 Å². The third-order valence-corrected chi connectivity index (χ3v) is 3.64. The van der Waals surface area contributed by atoms with Gasteiger partial charge in [0.25, 0.3) is 0 Å². The summed E-state index contributed by atoms with van der Waals surface area (Å²) in [5.74, 6) is 1.17. The van der Waals surface area contributed by atoms with Crippen molar-refractivity contribution in [2.24, 2.45) is 0 Å². The summed E-state index contributed by atoms with van der Waals surface area (Å²) >= 11 is 0. The van der Waals surface area contributed by atoms with Gasteiger partial charge in [-0.2, -0.15) is 0 Å².